The van der Waals surface area contributed by atoms with E-state index in [1.54, 1.807) is 39.5 Å². The summed E-state index contributed by atoms with van der Waals surface area (Å²) in [6.45, 7) is 10.7. The minimum absolute atomic E-state index is 0.0406. The van der Waals surface area contributed by atoms with E-state index in [4.69, 9.17) is 46.5 Å². The van der Waals surface area contributed by atoms with Gasteiger partial charge < -0.3 is 44.5 Å². The molecule has 24 nitrogen and oxygen atoms in total. The first-order valence-corrected chi connectivity index (χ1v) is 26.6. The molecule has 0 saturated heterocycles. The molecule has 4 aromatic carbocycles. The molecule has 0 aliphatic rings. The smallest absolute Gasteiger partial charge is 0.425 e. The van der Waals surface area contributed by atoms with Crippen molar-refractivity contribution in [1.82, 2.24) is 24.9 Å². The van der Waals surface area contributed by atoms with E-state index >= 15 is 0 Å². The molecule has 0 fully saturated rings. The maximum atomic E-state index is 12.4. The molecule has 7 aromatic rings. The van der Waals surface area contributed by atoms with Gasteiger partial charge in [0.1, 0.15) is 34.4 Å². The van der Waals surface area contributed by atoms with Gasteiger partial charge in [0.2, 0.25) is 22.2 Å². The van der Waals surface area contributed by atoms with Crippen molar-refractivity contribution in [3.05, 3.63) is 54.6 Å². The largest absolute Gasteiger partial charge is 0.497 e. The fraction of sp³-hybridized carbons (Fsp3) is 0.326. The Morgan fingerprint density at radius 2 is 1.15 bits per heavy atom. The van der Waals surface area contributed by atoms with Crippen LogP contribution in [-0.2, 0) is 20.7 Å². The second-order valence-electron chi connectivity index (χ2n) is 14.4. The third-order valence-corrected chi connectivity index (χ3v) is 14.0. The average Bonchev–Trinajstić information content (AvgIpc) is 3.98. The number of benzene rings is 4. The highest BCUT2D eigenvalue weighted by Gasteiger charge is 2.24. The Hall–Kier alpha value is -6.89. The van der Waals surface area contributed by atoms with Crippen LogP contribution in [0.15, 0.2) is 85.1 Å². The number of aliphatic hydroxyl groups excluding tert-OH is 1. The monoisotopic (exact) mass is 1080 g/mol. The summed E-state index contributed by atoms with van der Waals surface area (Å²) in [6, 6.07) is 15.8. The summed E-state index contributed by atoms with van der Waals surface area (Å²) >= 11 is 3.50. The van der Waals surface area contributed by atoms with Crippen LogP contribution in [0.1, 0.15) is 27.7 Å². The molecular formula is C43H49N13O11S5. The molecule has 72 heavy (non-hydrogen) atoms. The number of anilines is 6. The number of thiazole rings is 2. The van der Waals surface area contributed by atoms with Crippen molar-refractivity contribution >= 4 is 132 Å². The summed E-state index contributed by atoms with van der Waals surface area (Å²) in [5, 5.41) is 35.5. The lowest BCUT2D eigenvalue weighted by Crippen LogP contribution is -2.22. The first-order chi connectivity index (χ1) is 34.6. The van der Waals surface area contributed by atoms with Crippen molar-refractivity contribution in [1.29, 1.82) is 0 Å². The van der Waals surface area contributed by atoms with E-state index in [9.17, 15) is 18.1 Å². The van der Waals surface area contributed by atoms with Crippen LogP contribution in [0, 0.1) is 0 Å². The minimum Gasteiger partial charge on any atom is -0.497 e. The van der Waals surface area contributed by atoms with Gasteiger partial charge in [-0.05, 0) is 70.2 Å². The Morgan fingerprint density at radius 3 is 1.62 bits per heavy atom. The molecule has 0 atom stereocenters. The number of nitrogens with one attached hydrogen (secondary N) is 2. The number of methoxy groups -OCH3 is 4. The van der Waals surface area contributed by atoms with E-state index in [0.29, 0.717) is 82.2 Å². The number of hydrogen-bond donors (Lipinski definition) is 4. The van der Waals surface area contributed by atoms with Crippen molar-refractivity contribution in [2.24, 2.45) is 20.5 Å². The number of nitrogens with zero attached hydrogens (tertiary/aromatic N) is 11. The van der Waals surface area contributed by atoms with Crippen molar-refractivity contribution < 1.29 is 49.7 Å². The Kier molecular flexibility index (Phi) is 18.9. The fourth-order valence-corrected chi connectivity index (χ4v) is 10.4. The molecule has 29 heteroatoms. The van der Waals surface area contributed by atoms with Gasteiger partial charge in [0.25, 0.3) is 10.1 Å². The van der Waals surface area contributed by atoms with Gasteiger partial charge in [0.15, 0.2) is 10.1 Å². The zero-order valence-electron chi connectivity index (χ0n) is 40.0. The van der Waals surface area contributed by atoms with Gasteiger partial charge in [-0.3, -0.25) is 4.55 Å². The number of rotatable bonds is 22. The summed E-state index contributed by atoms with van der Waals surface area (Å²) in [5.41, 5.74) is 4.20. The van der Waals surface area contributed by atoms with E-state index in [0.717, 1.165) is 32.9 Å². The van der Waals surface area contributed by atoms with Crippen LogP contribution in [0.4, 0.5) is 56.3 Å². The fourth-order valence-electron chi connectivity index (χ4n) is 6.98. The highest BCUT2D eigenvalue weighted by molar-refractivity contribution is 7.99. The average molecular weight is 1080 g/mol. The van der Waals surface area contributed by atoms with Crippen molar-refractivity contribution in [2.75, 3.05) is 87.4 Å². The molecule has 3 heterocycles. The summed E-state index contributed by atoms with van der Waals surface area (Å²) in [7, 11) is -1.73. The standard InChI is InChI=1S/C43H49N13O8S4.O3S/c1-9-55(10-2)31-20-27(29(22-34(31)63-7)51-53-42-46-25-14-13-24(61-5)19-36(25)66-42)44-39-48-40(50-41(49-39)65-18-17-57)45-28-21-32(56(11-3)12-4)35(64-8)23-30(28)52-54-43-47-26-15-16-33(62-6)38(37(26)67-43)68(58,59)60;1-4(2)3/h13-16,19-23,57H,9-12,17-18H2,1-8H3,(H,58,59,60)(H2,44,45,48,49,50);. The number of thioether (sulfide) groups is 1. The summed E-state index contributed by atoms with van der Waals surface area (Å²) < 4.78 is 83.6. The SMILES string of the molecule is CCN(CC)c1cc(Nc2nc(Nc3cc(N(CC)CC)c(OC)cc3N=Nc3nc4ccc(OC)c(S(=O)(=O)O)c4s3)nc(SCCO)n2)c(N=Nc2nc3ccc(OC)cc3s2)cc1OC.O=S(=O)=O. The predicted molar refractivity (Wildman–Crippen MR) is 278 cm³/mol. The van der Waals surface area contributed by atoms with E-state index in [-0.39, 0.29) is 39.6 Å². The zero-order valence-corrected chi connectivity index (χ0v) is 44.1. The molecular weight excluding hydrogens is 1030 g/mol. The van der Waals surface area contributed by atoms with Gasteiger partial charge in [-0.2, -0.15) is 23.4 Å². The van der Waals surface area contributed by atoms with Gasteiger partial charge in [-0.25, -0.2) is 9.97 Å². The lowest BCUT2D eigenvalue weighted by atomic mass is 10.2. The first-order valence-electron chi connectivity index (χ1n) is 21.6. The van der Waals surface area contributed by atoms with E-state index in [1.807, 2.05) is 44.2 Å². The van der Waals surface area contributed by atoms with Crippen molar-refractivity contribution in [3.63, 3.8) is 0 Å². The third kappa shape index (κ3) is 13.3. The molecule has 4 N–H and O–H groups in total. The maximum Gasteiger partial charge on any atom is 0.425 e. The van der Waals surface area contributed by atoms with Crippen LogP contribution in [0.25, 0.3) is 20.4 Å². The molecule has 0 aliphatic carbocycles. The maximum absolute atomic E-state index is 12.4. The van der Waals surface area contributed by atoms with Crippen LogP contribution in [-0.4, -0.2) is 123 Å². The Balaban J connectivity index is 0.00000204. The topological polar surface area (TPSA) is 307 Å². The van der Waals surface area contributed by atoms with E-state index < -0.39 is 25.6 Å². The van der Waals surface area contributed by atoms with Gasteiger partial charge in [0.05, 0.1) is 78.2 Å². The van der Waals surface area contributed by atoms with Gasteiger partial charge in [-0.15, -0.1) is 33.1 Å². The molecule has 3 aromatic heterocycles. The zero-order chi connectivity index (χ0) is 52.1. The molecule has 382 valence electrons. The molecule has 0 saturated carbocycles. The van der Waals surface area contributed by atoms with Gasteiger partial charge in [-0.1, -0.05) is 34.4 Å². The van der Waals surface area contributed by atoms with Crippen LogP contribution < -0.4 is 39.4 Å². The van der Waals surface area contributed by atoms with Crippen LogP contribution in [0.3, 0.4) is 0 Å². The predicted octanol–water partition coefficient (Wildman–Crippen LogP) is 9.46. The third-order valence-electron chi connectivity index (χ3n) is 10.2. The van der Waals surface area contributed by atoms with E-state index in [2.05, 4.69) is 64.7 Å². The number of fused-ring (bicyclic) bond motifs is 2. The van der Waals surface area contributed by atoms with E-state index in [1.165, 1.54) is 36.3 Å². The van der Waals surface area contributed by atoms with Crippen LogP contribution >= 0.6 is 34.4 Å². The number of ether oxygens (including phenoxy) is 4. The van der Waals surface area contributed by atoms with Gasteiger partial charge >= 0.3 is 10.6 Å². The highest BCUT2D eigenvalue weighted by atomic mass is 32.2. The molecule has 0 bridgehead atoms. The Bertz CT molecular complexity index is 3330. The molecule has 7 rings (SSSR count). The number of hydrogen-bond acceptors (Lipinski definition) is 26. The lowest BCUT2D eigenvalue weighted by Gasteiger charge is -2.25. The van der Waals surface area contributed by atoms with Gasteiger partial charge in [0, 0.05) is 44.1 Å². The first kappa shape index (κ1) is 54.4. The quantitative estimate of drug-likeness (QED) is 0.0279. The van der Waals surface area contributed by atoms with Crippen molar-refractivity contribution in [3.8, 4) is 23.0 Å². The minimum atomic E-state index is -4.68. The normalized spacial score (nSPS) is 11.5. The van der Waals surface area contributed by atoms with Crippen LogP contribution in [0.5, 0.6) is 23.0 Å². The molecule has 0 radical (unpaired) electrons. The van der Waals surface area contributed by atoms with Crippen LogP contribution in [0.2, 0.25) is 0 Å². The Labute approximate surface area is 427 Å². The molecule has 0 spiro atoms. The summed E-state index contributed by atoms with van der Waals surface area (Å²) in [4.78, 5) is 27.2. The summed E-state index contributed by atoms with van der Waals surface area (Å²) in [5.74, 6) is 2.30. The highest BCUT2D eigenvalue weighted by Crippen LogP contribution is 2.44. The summed E-state index contributed by atoms with van der Waals surface area (Å²) in [6.07, 6.45) is 0. The molecule has 0 aliphatic heterocycles. The molecule has 0 amide bonds. The lowest BCUT2D eigenvalue weighted by molar-refractivity contribution is 0.322. The number of aliphatic hydroxyl groups is 1. The second-order valence-corrected chi connectivity index (χ2v) is 19.2. The number of aromatic nitrogens is 5. The second kappa shape index (κ2) is 25.0. The Morgan fingerprint density at radius 1 is 0.653 bits per heavy atom. The number of azo groups is 2. The van der Waals surface area contributed by atoms with Crippen molar-refractivity contribution in [2.45, 2.75) is 37.7 Å². The molecule has 0 unspecified atom stereocenters.